The summed E-state index contributed by atoms with van der Waals surface area (Å²) >= 11 is 12.5. The SMILES string of the molecule is CC(Oc1cc(C(=N)c2nc3ccc(N4CCCCC4)cc3[nH]2)c(N)cc1F)c1c(Cl)cncc1Cl. The first-order chi connectivity index (χ1) is 17.3. The number of nitrogen functional groups attached to an aromatic ring is 1. The normalized spacial score (nSPS) is 14.7. The molecule has 1 fully saturated rings. The van der Waals surface area contributed by atoms with Crippen molar-refractivity contribution in [3.05, 3.63) is 75.5 Å². The fraction of sp³-hybridized carbons (Fsp3) is 0.269. The van der Waals surface area contributed by atoms with E-state index >= 15 is 0 Å². The van der Waals surface area contributed by atoms with Crippen LogP contribution in [-0.2, 0) is 0 Å². The van der Waals surface area contributed by atoms with Crippen molar-refractivity contribution < 1.29 is 9.13 Å². The average Bonchev–Trinajstić information content (AvgIpc) is 3.29. The van der Waals surface area contributed by atoms with Crippen LogP contribution in [-0.4, -0.2) is 33.8 Å². The third-order valence-electron chi connectivity index (χ3n) is 6.40. The maximum atomic E-state index is 14.8. The van der Waals surface area contributed by atoms with Gasteiger partial charge in [0.25, 0.3) is 0 Å². The van der Waals surface area contributed by atoms with Gasteiger partial charge in [0, 0.05) is 54.1 Å². The van der Waals surface area contributed by atoms with E-state index in [1.807, 2.05) is 6.07 Å². The molecule has 36 heavy (non-hydrogen) atoms. The van der Waals surface area contributed by atoms with E-state index in [0.717, 1.165) is 35.9 Å². The van der Waals surface area contributed by atoms with Gasteiger partial charge in [-0.25, -0.2) is 9.37 Å². The predicted octanol–water partition coefficient (Wildman–Crippen LogP) is 6.53. The molecule has 0 amide bonds. The predicted molar refractivity (Wildman–Crippen MR) is 142 cm³/mol. The number of nitrogens with one attached hydrogen (secondary N) is 2. The number of ether oxygens (including phenoxy) is 1. The summed E-state index contributed by atoms with van der Waals surface area (Å²) in [5.74, 6) is -0.407. The highest BCUT2D eigenvalue weighted by Gasteiger charge is 2.21. The van der Waals surface area contributed by atoms with E-state index in [1.165, 1.54) is 37.7 Å². The van der Waals surface area contributed by atoms with Crippen LogP contribution in [0.3, 0.4) is 0 Å². The number of benzene rings is 2. The number of aromatic nitrogens is 3. The summed E-state index contributed by atoms with van der Waals surface area (Å²) in [4.78, 5) is 14.1. The molecule has 5 rings (SSSR count). The van der Waals surface area contributed by atoms with Gasteiger partial charge in [0.15, 0.2) is 17.4 Å². The Balaban J connectivity index is 1.44. The van der Waals surface area contributed by atoms with Crippen LogP contribution >= 0.6 is 23.2 Å². The van der Waals surface area contributed by atoms with Gasteiger partial charge in [-0.3, -0.25) is 10.4 Å². The summed E-state index contributed by atoms with van der Waals surface area (Å²) in [5.41, 5.74) is 9.70. The topological polar surface area (TPSA) is 104 Å². The Morgan fingerprint density at radius 2 is 1.86 bits per heavy atom. The van der Waals surface area contributed by atoms with Crippen molar-refractivity contribution in [2.24, 2.45) is 0 Å². The van der Waals surface area contributed by atoms with Crippen LogP contribution in [0, 0.1) is 11.2 Å². The van der Waals surface area contributed by atoms with Gasteiger partial charge in [-0.1, -0.05) is 23.2 Å². The molecule has 4 aromatic rings. The largest absolute Gasteiger partial charge is 0.483 e. The number of fused-ring (bicyclic) bond motifs is 1. The van der Waals surface area contributed by atoms with Crippen molar-refractivity contribution in [2.45, 2.75) is 32.3 Å². The number of hydrogen-bond acceptors (Lipinski definition) is 6. The van der Waals surface area contributed by atoms with Gasteiger partial charge >= 0.3 is 0 Å². The number of imidazole rings is 1. The van der Waals surface area contributed by atoms with E-state index in [4.69, 9.17) is 39.1 Å². The lowest BCUT2D eigenvalue weighted by Crippen LogP contribution is -2.29. The Kier molecular flexibility index (Phi) is 6.73. The number of aromatic amines is 1. The number of rotatable bonds is 6. The maximum Gasteiger partial charge on any atom is 0.167 e. The van der Waals surface area contributed by atoms with E-state index in [9.17, 15) is 4.39 Å². The molecular weight excluding hydrogens is 502 g/mol. The van der Waals surface area contributed by atoms with Crippen LogP contribution in [0.1, 0.15) is 49.2 Å². The number of nitrogens with zero attached hydrogens (tertiary/aromatic N) is 3. The monoisotopic (exact) mass is 526 g/mol. The second-order valence-corrected chi connectivity index (χ2v) is 9.67. The minimum Gasteiger partial charge on any atom is -0.483 e. The van der Waals surface area contributed by atoms with Gasteiger partial charge in [0.05, 0.1) is 21.1 Å². The molecule has 1 unspecified atom stereocenters. The number of anilines is 2. The van der Waals surface area contributed by atoms with Crippen LogP contribution < -0.4 is 15.4 Å². The van der Waals surface area contributed by atoms with E-state index in [-0.39, 0.29) is 17.1 Å². The fourth-order valence-corrected chi connectivity index (χ4v) is 5.20. The highest BCUT2D eigenvalue weighted by atomic mass is 35.5. The van der Waals surface area contributed by atoms with Crippen LogP contribution in [0.4, 0.5) is 15.8 Å². The summed E-state index contributed by atoms with van der Waals surface area (Å²) < 4.78 is 20.6. The second-order valence-electron chi connectivity index (χ2n) is 8.86. The molecule has 10 heteroatoms. The van der Waals surface area contributed by atoms with Gasteiger partial charge in [0.1, 0.15) is 11.8 Å². The Morgan fingerprint density at radius 3 is 2.58 bits per heavy atom. The molecular formula is C26H25Cl2FN6O. The van der Waals surface area contributed by atoms with E-state index in [1.54, 1.807) is 6.92 Å². The molecule has 2 aromatic heterocycles. The first-order valence-corrected chi connectivity index (χ1v) is 12.5. The molecule has 3 heterocycles. The number of H-pyrrole nitrogens is 1. The molecule has 0 saturated carbocycles. The first kappa shape index (κ1) is 24.3. The highest BCUT2D eigenvalue weighted by Crippen LogP contribution is 2.35. The molecule has 1 aliphatic heterocycles. The Hall–Kier alpha value is -3.36. The summed E-state index contributed by atoms with van der Waals surface area (Å²) in [6, 6.07) is 8.59. The highest BCUT2D eigenvalue weighted by molar-refractivity contribution is 6.35. The van der Waals surface area contributed by atoms with Crippen LogP contribution in [0.5, 0.6) is 5.75 Å². The molecule has 0 bridgehead atoms. The van der Waals surface area contributed by atoms with Crippen molar-refractivity contribution in [1.82, 2.24) is 15.0 Å². The third-order valence-corrected chi connectivity index (χ3v) is 7.00. The lowest BCUT2D eigenvalue weighted by Gasteiger charge is -2.28. The molecule has 1 saturated heterocycles. The fourth-order valence-electron chi connectivity index (χ4n) is 4.53. The lowest BCUT2D eigenvalue weighted by atomic mass is 10.1. The summed E-state index contributed by atoms with van der Waals surface area (Å²) in [5, 5.41) is 9.38. The van der Waals surface area contributed by atoms with Crippen molar-refractivity contribution in [3.63, 3.8) is 0 Å². The maximum absolute atomic E-state index is 14.8. The van der Waals surface area contributed by atoms with Crippen molar-refractivity contribution >= 4 is 51.3 Å². The van der Waals surface area contributed by atoms with Gasteiger partial charge in [0.2, 0.25) is 0 Å². The standard InChI is InChI=1S/C26H25Cl2FN6O/c1-14(24-17(27)12-32-13-18(24)28)36-23-10-16(20(30)11-19(23)29)25(31)26-33-21-6-5-15(9-22(21)34-26)35-7-3-2-4-8-35/h5-6,9-14,31H,2-4,7-8,30H2,1H3,(H,33,34). The third kappa shape index (κ3) is 4.70. The van der Waals surface area contributed by atoms with Gasteiger partial charge < -0.3 is 20.4 Å². The average molecular weight is 527 g/mol. The zero-order chi connectivity index (χ0) is 25.4. The lowest BCUT2D eigenvalue weighted by molar-refractivity contribution is 0.216. The molecule has 0 radical (unpaired) electrons. The second kappa shape index (κ2) is 9.95. The molecule has 0 aliphatic carbocycles. The van der Waals surface area contributed by atoms with E-state index < -0.39 is 11.9 Å². The number of halogens is 3. The Bertz CT molecular complexity index is 1430. The molecule has 7 nitrogen and oxygen atoms in total. The number of pyridine rings is 1. The zero-order valence-corrected chi connectivity index (χ0v) is 21.1. The van der Waals surface area contributed by atoms with Crippen LogP contribution in [0.25, 0.3) is 11.0 Å². The van der Waals surface area contributed by atoms with Crippen LogP contribution in [0.15, 0.2) is 42.7 Å². The van der Waals surface area contributed by atoms with E-state index in [2.05, 4.69) is 32.0 Å². The van der Waals surface area contributed by atoms with Crippen molar-refractivity contribution in [2.75, 3.05) is 23.7 Å². The summed E-state index contributed by atoms with van der Waals surface area (Å²) in [6.45, 7) is 3.77. The van der Waals surface area contributed by atoms with Crippen LogP contribution in [0.2, 0.25) is 10.0 Å². The molecule has 2 aromatic carbocycles. The van der Waals surface area contributed by atoms with Crippen molar-refractivity contribution in [1.29, 1.82) is 5.41 Å². The van der Waals surface area contributed by atoms with Gasteiger partial charge in [-0.15, -0.1) is 0 Å². The quantitative estimate of drug-likeness (QED) is 0.195. The van der Waals surface area contributed by atoms with E-state index in [0.29, 0.717) is 27.0 Å². The van der Waals surface area contributed by atoms with Gasteiger partial charge in [-0.05, 0) is 50.5 Å². The smallest absolute Gasteiger partial charge is 0.167 e. The summed E-state index contributed by atoms with van der Waals surface area (Å²) in [7, 11) is 0. The number of nitrogens with two attached hydrogens (primary N) is 1. The van der Waals surface area contributed by atoms with Crippen molar-refractivity contribution in [3.8, 4) is 5.75 Å². The molecule has 1 atom stereocenters. The Labute approximate surface area is 217 Å². The Morgan fingerprint density at radius 1 is 1.14 bits per heavy atom. The number of hydrogen-bond donors (Lipinski definition) is 3. The molecule has 4 N–H and O–H groups in total. The first-order valence-electron chi connectivity index (χ1n) is 11.7. The number of piperidine rings is 1. The van der Waals surface area contributed by atoms with Gasteiger partial charge in [-0.2, -0.15) is 0 Å². The summed E-state index contributed by atoms with van der Waals surface area (Å²) in [6.07, 6.45) is 5.85. The minimum absolute atomic E-state index is 0.0284. The molecule has 1 aliphatic rings. The molecule has 0 spiro atoms. The minimum atomic E-state index is -0.674. The molecule has 186 valence electrons. The zero-order valence-electron chi connectivity index (χ0n) is 19.6.